The maximum atomic E-state index is 12.2. The number of hydrogen-bond acceptors (Lipinski definition) is 5. The van der Waals surface area contributed by atoms with Crippen molar-refractivity contribution in [1.82, 2.24) is 9.78 Å². The van der Waals surface area contributed by atoms with Gasteiger partial charge in [0.2, 0.25) is 5.91 Å². The fourth-order valence-electron chi connectivity index (χ4n) is 2.90. The summed E-state index contributed by atoms with van der Waals surface area (Å²) in [7, 11) is 3.13. The van der Waals surface area contributed by atoms with Crippen LogP contribution in [0.5, 0.6) is 11.5 Å². The van der Waals surface area contributed by atoms with Crippen LogP contribution in [0.3, 0.4) is 0 Å². The molecule has 1 heterocycles. The molecule has 0 radical (unpaired) electrons. The molecule has 8 heteroatoms. The van der Waals surface area contributed by atoms with Gasteiger partial charge in [0.15, 0.2) is 11.5 Å². The Labute approximate surface area is 179 Å². The molecule has 1 N–H and O–H groups in total. The topological polar surface area (TPSA) is 82.5 Å². The largest absolute Gasteiger partial charge is 0.493 e. The summed E-state index contributed by atoms with van der Waals surface area (Å²) in [6.45, 7) is 0.327. The molecule has 1 aromatic heterocycles. The Morgan fingerprint density at radius 2 is 1.77 bits per heavy atom. The molecule has 1 amide bonds. The first-order chi connectivity index (χ1) is 14.5. The maximum Gasteiger partial charge on any atom is 0.266 e. The van der Waals surface area contributed by atoms with Gasteiger partial charge in [-0.05, 0) is 55.0 Å². The van der Waals surface area contributed by atoms with Crippen molar-refractivity contribution in [3.8, 4) is 22.8 Å². The second-order valence-electron chi connectivity index (χ2n) is 6.51. The number of nitrogens with one attached hydrogen (secondary N) is 1. The highest BCUT2D eigenvalue weighted by Gasteiger charge is 2.09. The van der Waals surface area contributed by atoms with Crippen LogP contribution >= 0.6 is 11.6 Å². The van der Waals surface area contributed by atoms with Gasteiger partial charge in [-0.15, -0.1) is 0 Å². The summed E-state index contributed by atoms with van der Waals surface area (Å²) in [6, 6.07) is 15.4. The fourth-order valence-corrected chi connectivity index (χ4v) is 3.03. The summed E-state index contributed by atoms with van der Waals surface area (Å²) < 4.78 is 11.9. The lowest BCUT2D eigenvalue weighted by atomic mass is 10.1. The van der Waals surface area contributed by atoms with Crippen molar-refractivity contribution in [2.75, 3.05) is 19.5 Å². The van der Waals surface area contributed by atoms with Crippen molar-refractivity contribution >= 4 is 23.2 Å². The Balaban J connectivity index is 1.65. The standard InChI is InChI=1S/C22H22ClN3O4/c1-29-19-11-5-15(14-20(19)30-2)18-10-12-22(28)26(25-18)13-3-4-21(27)24-17-8-6-16(23)7-9-17/h5-12,14H,3-4,13H2,1-2H3,(H,24,27). The van der Waals surface area contributed by atoms with Crippen LogP contribution in [0.1, 0.15) is 12.8 Å². The Morgan fingerprint density at radius 1 is 1.03 bits per heavy atom. The lowest BCUT2D eigenvalue weighted by molar-refractivity contribution is -0.116. The molecule has 3 rings (SSSR count). The van der Waals surface area contributed by atoms with Crippen LogP contribution in [0.25, 0.3) is 11.3 Å². The molecule has 30 heavy (non-hydrogen) atoms. The third-order valence-corrected chi connectivity index (χ3v) is 4.70. The predicted octanol–water partition coefficient (Wildman–Crippen LogP) is 4.00. The van der Waals surface area contributed by atoms with E-state index in [-0.39, 0.29) is 17.9 Å². The molecule has 0 aliphatic rings. The van der Waals surface area contributed by atoms with Gasteiger partial charge < -0.3 is 14.8 Å². The molecule has 156 valence electrons. The van der Waals surface area contributed by atoms with Gasteiger partial charge in [0, 0.05) is 35.3 Å². The van der Waals surface area contributed by atoms with Crippen LogP contribution in [-0.4, -0.2) is 29.9 Å². The summed E-state index contributed by atoms with van der Waals surface area (Å²) in [4.78, 5) is 24.3. The van der Waals surface area contributed by atoms with Crippen molar-refractivity contribution in [2.24, 2.45) is 0 Å². The highest BCUT2D eigenvalue weighted by atomic mass is 35.5. The van der Waals surface area contributed by atoms with E-state index in [1.54, 1.807) is 56.7 Å². The number of aromatic nitrogens is 2. The van der Waals surface area contributed by atoms with Gasteiger partial charge >= 0.3 is 0 Å². The molecule has 0 saturated heterocycles. The highest BCUT2D eigenvalue weighted by molar-refractivity contribution is 6.30. The average Bonchev–Trinajstić information content (AvgIpc) is 2.76. The minimum atomic E-state index is -0.225. The molecule has 0 aliphatic heterocycles. The summed E-state index contributed by atoms with van der Waals surface area (Å²) in [5.74, 6) is 1.05. The SMILES string of the molecule is COc1ccc(-c2ccc(=O)n(CCCC(=O)Nc3ccc(Cl)cc3)n2)cc1OC. The number of methoxy groups -OCH3 is 2. The van der Waals surface area contributed by atoms with Crippen LogP contribution < -0.4 is 20.3 Å². The smallest absolute Gasteiger partial charge is 0.266 e. The molecule has 2 aromatic carbocycles. The molecular weight excluding hydrogens is 406 g/mol. The van der Waals surface area contributed by atoms with E-state index >= 15 is 0 Å². The van der Waals surface area contributed by atoms with Gasteiger partial charge in [-0.1, -0.05) is 11.6 Å². The normalized spacial score (nSPS) is 10.5. The van der Waals surface area contributed by atoms with Gasteiger partial charge in [0.05, 0.1) is 19.9 Å². The number of halogens is 1. The Morgan fingerprint density at radius 3 is 2.47 bits per heavy atom. The zero-order valence-electron chi connectivity index (χ0n) is 16.7. The minimum Gasteiger partial charge on any atom is -0.493 e. The number of nitrogens with zero attached hydrogens (tertiary/aromatic N) is 2. The van der Waals surface area contributed by atoms with Crippen LogP contribution in [0.15, 0.2) is 59.4 Å². The maximum absolute atomic E-state index is 12.2. The van der Waals surface area contributed by atoms with Crippen LogP contribution in [0, 0.1) is 0 Å². The third kappa shape index (κ3) is 5.39. The summed E-state index contributed by atoms with van der Waals surface area (Å²) in [6.07, 6.45) is 0.735. The zero-order valence-corrected chi connectivity index (χ0v) is 17.5. The monoisotopic (exact) mass is 427 g/mol. The van der Waals surface area contributed by atoms with Crippen LogP contribution in [0.4, 0.5) is 5.69 Å². The highest BCUT2D eigenvalue weighted by Crippen LogP contribution is 2.31. The number of carbonyl (C=O) groups is 1. The summed E-state index contributed by atoms with van der Waals surface area (Å²) in [5.41, 5.74) is 1.87. The molecule has 0 aliphatic carbocycles. The van der Waals surface area contributed by atoms with E-state index in [1.165, 1.54) is 10.7 Å². The molecular formula is C22H22ClN3O4. The first-order valence-electron chi connectivity index (χ1n) is 9.36. The Kier molecular flexibility index (Phi) is 7.08. The molecule has 0 unspecified atom stereocenters. The number of hydrogen-bond donors (Lipinski definition) is 1. The Hall–Kier alpha value is -3.32. The predicted molar refractivity (Wildman–Crippen MR) is 116 cm³/mol. The van der Waals surface area contributed by atoms with Crippen molar-refractivity contribution in [3.63, 3.8) is 0 Å². The molecule has 0 atom stereocenters. The summed E-state index contributed by atoms with van der Waals surface area (Å²) in [5, 5.41) is 7.83. The van der Waals surface area contributed by atoms with Crippen molar-refractivity contribution in [1.29, 1.82) is 0 Å². The third-order valence-electron chi connectivity index (χ3n) is 4.45. The number of carbonyl (C=O) groups excluding carboxylic acids is 1. The first-order valence-corrected chi connectivity index (χ1v) is 9.74. The number of amides is 1. The second kappa shape index (κ2) is 9.93. The second-order valence-corrected chi connectivity index (χ2v) is 6.94. The van der Waals surface area contributed by atoms with E-state index < -0.39 is 0 Å². The molecule has 3 aromatic rings. The van der Waals surface area contributed by atoms with E-state index in [2.05, 4.69) is 10.4 Å². The van der Waals surface area contributed by atoms with Gasteiger partial charge in [-0.2, -0.15) is 5.10 Å². The molecule has 7 nitrogen and oxygen atoms in total. The number of anilines is 1. The lowest BCUT2D eigenvalue weighted by Crippen LogP contribution is -2.23. The van der Waals surface area contributed by atoms with E-state index in [1.807, 2.05) is 6.07 Å². The first kappa shape index (κ1) is 21.4. The van der Waals surface area contributed by atoms with Gasteiger partial charge in [-0.25, -0.2) is 4.68 Å². The quantitative estimate of drug-likeness (QED) is 0.587. The van der Waals surface area contributed by atoms with Crippen molar-refractivity contribution in [3.05, 3.63) is 70.0 Å². The van der Waals surface area contributed by atoms with Gasteiger partial charge in [0.25, 0.3) is 5.56 Å². The van der Waals surface area contributed by atoms with Crippen LogP contribution in [0.2, 0.25) is 5.02 Å². The number of ether oxygens (including phenoxy) is 2. The lowest BCUT2D eigenvalue weighted by Gasteiger charge is -2.11. The van der Waals surface area contributed by atoms with Gasteiger partial charge in [0.1, 0.15) is 0 Å². The number of aryl methyl sites for hydroxylation is 1. The minimum absolute atomic E-state index is 0.138. The molecule has 0 spiro atoms. The Bertz CT molecular complexity index is 1080. The van der Waals surface area contributed by atoms with E-state index in [0.29, 0.717) is 40.9 Å². The van der Waals surface area contributed by atoms with Crippen LogP contribution in [-0.2, 0) is 11.3 Å². The van der Waals surface area contributed by atoms with E-state index in [9.17, 15) is 9.59 Å². The number of benzene rings is 2. The average molecular weight is 428 g/mol. The molecule has 0 bridgehead atoms. The fraction of sp³-hybridized carbons (Fsp3) is 0.227. The van der Waals surface area contributed by atoms with Crippen molar-refractivity contribution in [2.45, 2.75) is 19.4 Å². The van der Waals surface area contributed by atoms with E-state index in [4.69, 9.17) is 21.1 Å². The zero-order chi connectivity index (χ0) is 21.5. The van der Waals surface area contributed by atoms with Crippen molar-refractivity contribution < 1.29 is 14.3 Å². The summed E-state index contributed by atoms with van der Waals surface area (Å²) >= 11 is 5.84. The van der Waals surface area contributed by atoms with E-state index in [0.717, 1.165) is 5.56 Å². The molecule has 0 saturated carbocycles. The van der Waals surface area contributed by atoms with Gasteiger partial charge in [-0.3, -0.25) is 9.59 Å². The molecule has 0 fully saturated rings. The number of rotatable bonds is 8.